The fourth-order valence-corrected chi connectivity index (χ4v) is 3.35. The highest BCUT2D eigenvalue weighted by Gasteiger charge is 2.27. The largest absolute Gasteiger partial charge is 0.367 e. The van der Waals surface area contributed by atoms with Crippen molar-refractivity contribution in [3.05, 3.63) is 29.8 Å². The molecule has 21 heavy (non-hydrogen) atoms. The van der Waals surface area contributed by atoms with Crippen LogP contribution in [0.5, 0.6) is 0 Å². The predicted molar refractivity (Wildman–Crippen MR) is 92.1 cm³/mol. The molecule has 1 N–H and O–H groups in total. The summed E-state index contributed by atoms with van der Waals surface area (Å²) >= 11 is 0. The van der Waals surface area contributed by atoms with Crippen molar-refractivity contribution in [2.24, 2.45) is 0 Å². The lowest BCUT2D eigenvalue weighted by Gasteiger charge is -2.32. The standard InChI is InChI=1S/C18H31N3/c1-5-12-19-15(2)17-10-6-7-11-18(17)21-13-8-9-16(21)14-20(3)4/h6-7,10-11,15-16,19H,5,8-9,12-14H2,1-4H3. The van der Waals surface area contributed by atoms with Gasteiger partial charge in [0.25, 0.3) is 0 Å². The Morgan fingerprint density at radius 1 is 1.33 bits per heavy atom. The van der Waals surface area contributed by atoms with E-state index in [1.54, 1.807) is 0 Å². The van der Waals surface area contributed by atoms with Crippen molar-refractivity contribution in [3.63, 3.8) is 0 Å². The average Bonchev–Trinajstić information content (AvgIpc) is 2.92. The van der Waals surface area contributed by atoms with Crippen LogP contribution in [0.2, 0.25) is 0 Å². The molecule has 2 unspecified atom stereocenters. The van der Waals surface area contributed by atoms with Gasteiger partial charge in [0, 0.05) is 30.9 Å². The summed E-state index contributed by atoms with van der Waals surface area (Å²) in [5.74, 6) is 0. The Morgan fingerprint density at radius 2 is 2.10 bits per heavy atom. The Balaban J connectivity index is 2.18. The minimum Gasteiger partial charge on any atom is -0.367 e. The van der Waals surface area contributed by atoms with Crippen LogP contribution in [-0.2, 0) is 0 Å². The van der Waals surface area contributed by atoms with Gasteiger partial charge in [0.15, 0.2) is 0 Å². The van der Waals surface area contributed by atoms with Gasteiger partial charge in [-0.25, -0.2) is 0 Å². The monoisotopic (exact) mass is 289 g/mol. The number of likely N-dealkylation sites (N-methyl/N-ethyl adjacent to an activating group) is 1. The first-order valence-electron chi connectivity index (χ1n) is 8.37. The SMILES string of the molecule is CCCNC(C)c1ccccc1N1CCCC1CN(C)C. The normalized spacial score (nSPS) is 20.2. The molecule has 1 heterocycles. The van der Waals surface area contributed by atoms with E-state index >= 15 is 0 Å². The second-order valence-corrected chi connectivity index (χ2v) is 6.49. The van der Waals surface area contributed by atoms with Gasteiger partial charge in [-0.2, -0.15) is 0 Å². The summed E-state index contributed by atoms with van der Waals surface area (Å²) in [4.78, 5) is 4.93. The number of nitrogens with zero attached hydrogens (tertiary/aromatic N) is 2. The van der Waals surface area contributed by atoms with Crippen LogP contribution in [-0.4, -0.2) is 44.7 Å². The van der Waals surface area contributed by atoms with Gasteiger partial charge in [0.1, 0.15) is 0 Å². The summed E-state index contributed by atoms with van der Waals surface area (Å²) in [6.45, 7) is 7.92. The zero-order valence-electron chi connectivity index (χ0n) is 14.1. The van der Waals surface area contributed by atoms with Gasteiger partial charge in [0.2, 0.25) is 0 Å². The van der Waals surface area contributed by atoms with Crippen molar-refractivity contribution >= 4 is 5.69 Å². The lowest BCUT2D eigenvalue weighted by Crippen LogP contribution is -2.38. The van der Waals surface area contributed by atoms with Crippen molar-refractivity contribution in [1.29, 1.82) is 0 Å². The van der Waals surface area contributed by atoms with Crippen molar-refractivity contribution in [1.82, 2.24) is 10.2 Å². The molecule has 1 aliphatic rings. The molecule has 3 heteroatoms. The van der Waals surface area contributed by atoms with Crippen molar-refractivity contribution in [2.45, 2.75) is 45.2 Å². The quantitative estimate of drug-likeness (QED) is 0.831. The molecule has 1 aliphatic heterocycles. The number of rotatable bonds is 7. The number of nitrogens with one attached hydrogen (secondary N) is 1. The molecule has 0 radical (unpaired) electrons. The molecule has 1 saturated heterocycles. The van der Waals surface area contributed by atoms with E-state index in [2.05, 4.69) is 67.3 Å². The maximum absolute atomic E-state index is 3.63. The highest BCUT2D eigenvalue weighted by molar-refractivity contribution is 5.56. The summed E-state index contributed by atoms with van der Waals surface area (Å²) < 4.78 is 0. The predicted octanol–water partition coefficient (Wildman–Crippen LogP) is 3.28. The number of hydrogen-bond acceptors (Lipinski definition) is 3. The van der Waals surface area contributed by atoms with Gasteiger partial charge in [-0.15, -0.1) is 0 Å². The molecular weight excluding hydrogens is 258 g/mol. The maximum atomic E-state index is 3.63. The first kappa shape index (κ1) is 16.3. The van der Waals surface area contributed by atoms with E-state index in [9.17, 15) is 0 Å². The van der Waals surface area contributed by atoms with Crippen LogP contribution in [0.15, 0.2) is 24.3 Å². The Morgan fingerprint density at radius 3 is 2.81 bits per heavy atom. The van der Waals surface area contributed by atoms with E-state index in [4.69, 9.17) is 0 Å². The smallest absolute Gasteiger partial charge is 0.0417 e. The van der Waals surface area contributed by atoms with E-state index in [0.717, 1.165) is 13.1 Å². The van der Waals surface area contributed by atoms with Crippen LogP contribution < -0.4 is 10.2 Å². The Kier molecular flexibility index (Phi) is 6.07. The minimum atomic E-state index is 0.418. The van der Waals surface area contributed by atoms with Crippen LogP contribution in [0.1, 0.15) is 44.7 Å². The van der Waals surface area contributed by atoms with Crippen molar-refractivity contribution < 1.29 is 0 Å². The number of anilines is 1. The molecule has 2 atom stereocenters. The lowest BCUT2D eigenvalue weighted by molar-refractivity contribution is 0.372. The zero-order valence-corrected chi connectivity index (χ0v) is 14.1. The van der Waals surface area contributed by atoms with Gasteiger partial charge in [-0.1, -0.05) is 25.1 Å². The molecule has 2 rings (SSSR count). The van der Waals surface area contributed by atoms with E-state index in [1.165, 1.54) is 37.1 Å². The molecule has 1 aromatic rings. The minimum absolute atomic E-state index is 0.418. The Hall–Kier alpha value is -1.06. The molecule has 3 nitrogen and oxygen atoms in total. The van der Waals surface area contributed by atoms with Crippen molar-refractivity contribution in [2.75, 3.05) is 38.6 Å². The number of hydrogen-bond donors (Lipinski definition) is 1. The van der Waals surface area contributed by atoms with Crippen LogP contribution in [0.3, 0.4) is 0 Å². The third kappa shape index (κ3) is 4.21. The molecule has 0 aliphatic carbocycles. The zero-order chi connectivity index (χ0) is 15.2. The third-order valence-electron chi connectivity index (χ3n) is 4.37. The fourth-order valence-electron chi connectivity index (χ4n) is 3.35. The average molecular weight is 289 g/mol. The second kappa shape index (κ2) is 7.81. The van der Waals surface area contributed by atoms with Gasteiger partial charge in [-0.05, 0) is 58.5 Å². The van der Waals surface area contributed by atoms with E-state index in [1.807, 2.05) is 0 Å². The summed E-state index contributed by atoms with van der Waals surface area (Å²) in [6.07, 6.45) is 3.80. The molecule has 1 fully saturated rings. The summed E-state index contributed by atoms with van der Waals surface area (Å²) in [7, 11) is 4.35. The highest BCUT2D eigenvalue weighted by atomic mass is 15.2. The van der Waals surface area contributed by atoms with Gasteiger partial charge >= 0.3 is 0 Å². The third-order valence-corrected chi connectivity index (χ3v) is 4.37. The van der Waals surface area contributed by atoms with Crippen molar-refractivity contribution in [3.8, 4) is 0 Å². The van der Waals surface area contributed by atoms with Crippen LogP contribution in [0.25, 0.3) is 0 Å². The molecule has 0 saturated carbocycles. The first-order chi connectivity index (χ1) is 10.1. The maximum Gasteiger partial charge on any atom is 0.0417 e. The Bertz CT molecular complexity index is 430. The summed E-state index contributed by atoms with van der Waals surface area (Å²) in [5.41, 5.74) is 2.87. The Labute approximate surface area is 130 Å². The molecular formula is C18H31N3. The molecule has 0 amide bonds. The van der Waals surface area contributed by atoms with Crippen LogP contribution in [0, 0.1) is 0 Å². The number of benzene rings is 1. The van der Waals surface area contributed by atoms with Gasteiger partial charge < -0.3 is 15.1 Å². The summed E-state index contributed by atoms with van der Waals surface area (Å²) in [6, 6.07) is 10.00. The lowest BCUT2D eigenvalue weighted by atomic mass is 10.0. The summed E-state index contributed by atoms with van der Waals surface area (Å²) in [5, 5.41) is 3.63. The second-order valence-electron chi connectivity index (χ2n) is 6.49. The van der Waals surface area contributed by atoms with Crippen LogP contribution in [0.4, 0.5) is 5.69 Å². The molecule has 0 spiro atoms. The van der Waals surface area contributed by atoms with E-state index < -0.39 is 0 Å². The van der Waals surface area contributed by atoms with E-state index in [-0.39, 0.29) is 0 Å². The molecule has 118 valence electrons. The number of para-hydroxylation sites is 1. The fraction of sp³-hybridized carbons (Fsp3) is 0.667. The van der Waals surface area contributed by atoms with Gasteiger partial charge in [0.05, 0.1) is 0 Å². The highest BCUT2D eigenvalue weighted by Crippen LogP contribution is 2.32. The van der Waals surface area contributed by atoms with Crippen LogP contribution >= 0.6 is 0 Å². The topological polar surface area (TPSA) is 18.5 Å². The first-order valence-corrected chi connectivity index (χ1v) is 8.37. The molecule has 0 aromatic heterocycles. The molecule has 1 aromatic carbocycles. The van der Waals surface area contributed by atoms with E-state index in [0.29, 0.717) is 12.1 Å². The molecule has 0 bridgehead atoms. The van der Waals surface area contributed by atoms with Gasteiger partial charge in [-0.3, -0.25) is 0 Å².